The van der Waals surface area contributed by atoms with Crippen LogP contribution in [-0.2, 0) is 20.7 Å². The summed E-state index contributed by atoms with van der Waals surface area (Å²) >= 11 is 11.5. The van der Waals surface area contributed by atoms with Crippen molar-refractivity contribution in [2.24, 2.45) is 0 Å². The molecule has 7 rings (SSSR count). The maximum absolute atomic E-state index is 14.2. The first-order valence-electron chi connectivity index (χ1n) is 15.4. The van der Waals surface area contributed by atoms with Crippen LogP contribution in [0.5, 0.6) is 0 Å². The van der Waals surface area contributed by atoms with Gasteiger partial charge in [-0.15, -0.1) is 0 Å². The standard InChI is InChI=1S/C36H34N6O2S2/c43-31-35(27-13-5-1-6-14-27,28-15-7-2-8-16-28)37-33(45)41(31)25-39-21-23-40(24-22-39)26-42-32(44)36(38-34(42)46,29-17-9-3-10-18-29)30-19-11-4-12-20-30/h1-20H,21-26H2,(H,37,45)(H,38,46). The van der Waals surface area contributed by atoms with Crippen LogP contribution in [0.3, 0.4) is 0 Å². The van der Waals surface area contributed by atoms with Crippen molar-refractivity contribution in [1.29, 1.82) is 0 Å². The molecule has 3 fully saturated rings. The van der Waals surface area contributed by atoms with Gasteiger partial charge in [0, 0.05) is 26.2 Å². The van der Waals surface area contributed by atoms with Crippen molar-refractivity contribution in [3.8, 4) is 0 Å². The van der Waals surface area contributed by atoms with Crippen LogP contribution >= 0.6 is 24.4 Å². The van der Waals surface area contributed by atoms with Gasteiger partial charge in [-0.1, -0.05) is 121 Å². The van der Waals surface area contributed by atoms with Crippen molar-refractivity contribution in [2.75, 3.05) is 39.5 Å². The zero-order valence-electron chi connectivity index (χ0n) is 25.2. The summed E-state index contributed by atoms with van der Waals surface area (Å²) in [6.45, 7) is 3.60. The Hall–Kier alpha value is -4.48. The monoisotopic (exact) mass is 646 g/mol. The molecule has 46 heavy (non-hydrogen) atoms. The lowest BCUT2D eigenvalue weighted by molar-refractivity contribution is -0.133. The number of thiocarbonyl (C=S) groups is 2. The highest BCUT2D eigenvalue weighted by Crippen LogP contribution is 2.37. The molecular formula is C36H34N6O2S2. The number of carbonyl (C=O) groups is 2. The van der Waals surface area contributed by atoms with Crippen molar-refractivity contribution >= 4 is 46.5 Å². The van der Waals surface area contributed by atoms with Crippen LogP contribution in [0.15, 0.2) is 121 Å². The highest BCUT2D eigenvalue weighted by molar-refractivity contribution is 7.80. The van der Waals surface area contributed by atoms with Crippen LogP contribution in [-0.4, -0.2) is 81.2 Å². The van der Waals surface area contributed by atoms with E-state index in [0.29, 0.717) is 49.7 Å². The Morgan fingerprint density at radius 3 is 1.00 bits per heavy atom. The first kappa shape index (κ1) is 30.2. The summed E-state index contributed by atoms with van der Waals surface area (Å²) < 4.78 is 0. The van der Waals surface area contributed by atoms with E-state index in [9.17, 15) is 9.59 Å². The van der Waals surface area contributed by atoms with Gasteiger partial charge in [-0.2, -0.15) is 0 Å². The number of hydrogen-bond donors (Lipinski definition) is 2. The molecule has 4 aromatic carbocycles. The normalized spacial score (nSPS) is 19.7. The second-order valence-corrected chi connectivity index (χ2v) is 12.6. The lowest BCUT2D eigenvalue weighted by Crippen LogP contribution is -2.54. The van der Waals surface area contributed by atoms with Gasteiger partial charge in [0.25, 0.3) is 11.8 Å². The van der Waals surface area contributed by atoms with Crippen molar-refractivity contribution < 1.29 is 9.59 Å². The molecule has 0 saturated carbocycles. The number of benzene rings is 4. The van der Waals surface area contributed by atoms with E-state index in [0.717, 1.165) is 22.3 Å². The van der Waals surface area contributed by atoms with E-state index in [1.165, 1.54) is 0 Å². The van der Waals surface area contributed by atoms with Gasteiger partial charge < -0.3 is 10.6 Å². The Bertz CT molecular complexity index is 1540. The molecule has 0 unspecified atom stereocenters. The number of piperazine rings is 1. The van der Waals surface area contributed by atoms with Gasteiger partial charge in [-0.25, -0.2) is 0 Å². The summed E-state index contributed by atoms with van der Waals surface area (Å²) in [5.41, 5.74) is 1.24. The molecule has 0 aliphatic carbocycles. The average molecular weight is 647 g/mol. The van der Waals surface area contributed by atoms with Crippen LogP contribution in [0, 0.1) is 0 Å². The predicted molar refractivity (Wildman–Crippen MR) is 185 cm³/mol. The molecule has 3 saturated heterocycles. The Morgan fingerprint density at radius 2 is 0.739 bits per heavy atom. The van der Waals surface area contributed by atoms with E-state index in [-0.39, 0.29) is 11.8 Å². The number of hydrogen-bond acceptors (Lipinski definition) is 6. The molecule has 3 aliphatic rings. The third-order valence-electron chi connectivity index (χ3n) is 9.19. The molecule has 0 radical (unpaired) electrons. The zero-order chi connectivity index (χ0) is 31.7. The van der Waals surface area contributed by atoms with E-state index in [4.69, 9.17) is 24.4 Å². The summed E-state index contributed by atoms with van der Waals surface area (Å²) in [5.74, 6) is -0.177. The molecule has 8 nitrogen and oxygen atoms in total. The van der Waals surface area contributed by atoms with Gasteiger partial charge in [0.15, 0.2) is 21.3 Å². The van der Waals surface area contributed by atoms with E-state index < -0.39 is 11.1 Å². The third kappa shape index (κ3) is 5.07. The van der Waals surface area contributed by atoms with Crippen molar-refractivity contribution in [1.82, 2.24) is 30.2 Å². The van der Waals surface area contributed by atoms with Crippen molar-refractivity contribution in [3.05, 3.63) is 144 Å². The van der Waals surface area contributed by atoms with Crippen LogP contribution in [0.4, 0.5) is 0 Å². The fraction of sp³-hybridized carbons (Fsp3) is 0.222. The van der Waals surface area contributed by atoms with E-state index in [1.54, 1.807) is 9.80 Å². The first-order valence-corrected chi connectivity index (χ1v) is 16.2. The Balaban J connectivity index is 1.04. The highest BCUT2D eigenvalue weighted by Gasteiger charge is 2.53. The lowest BCUT2D eigenvalue weighted by atomic mass is 9.83. The quantitative estimate of drug-likeness (QED) is 0.280. The van der Waals surface area contributed by atoms with Crippen LogP contribution in [0.2, 0.25) is 0 Å². The smallest absolute Gasteiger partial charge is 0.264 e. The number of amides is 2. The van der Waals surface area contributed by atoms with Crippen LogP contribution in [0.25, 0.3) is 0 Å². The maximum atomic E-state index is 14.2. The molecule has 3 aliphatic heterocycles. The van der Waals surface area contributed by atoms with E-state index in [1.807, 2.05) is 121 Å². The Labute approximate surface area is 279 Å². The third-order valence-corrected chi connectivity index (χ3v) is 9.83. The van der Waals surface area contributed by atoms with Gasteiger partial charge >= 0.3 is 0 Å². The summed E-state index contributed by atoms with van der Waals surface area (Å²) in [4.78, 5) is 36.3. The SMILES string of the molecule is O=C1N(CN2CCN(CN3C(=O)C(c4ccccc4)(c4ccccc4)NC3=S)CC2)C(=S)NC1(c1ccccc1)c1ccccc1. The van der Waals surface area contributed by atoms with Crippen molar-refractivity contribution in [3.63, 3.8) is 0 Å². The number of nitrogens with one attached hydrogen (secondary N) is 2. The number of rotatable bonds is 8. The first-order chi connectivity index (χ1) is 22.4. The second-order valence-electron chi connectivity index (χ2n) is 11.8. The minimum absolute atomic E-state index is 0.0884. The average Bonchev–Trinajstić information content (AvgIpc) is 3.52. The molecule has 2 amide bonds. The fourth-order valence-corrected chi connectivity index (χ4v) is 7.34. The van der Waals surface area contributed by atoms with Crippen LogP contribution in [0.1, 0.15) is 22.3 Å². The molecule has 3 heterocycles. The molecule has 0 aromatic heterocycles. The second kappa shape index (κ2) is 12.4. The minimum atomic E-state index is -1.08. The topological polar surface area (TPSA) is 71.2 Å². The summed E-state index contributed by atoms with van der Waals surface area (Å²) in [6, 6.07) is 39.0. The van der Waals surface area contributed by atoms with E-state index >= 15 is 0 Å². The van der Waals surface area contributed by atoms with Crippen molar-refractivity contribution in [2.45, 2.75) is 11.1 Å². The highest BCUT2D eigenvalue weighted by atomic mass is 32.1. The zero-order valence-corrected chi connectivity index (χ0v) is 26.8. The number of nitrogens with zero attached hydrogens (tertiary/aromatic N) is 4. The van der Waals surface area contributed by atoms with E-state index in [2.05, 4.69) is 20.4 Å². The van der Waals surface area contributed by atoms with Crippen LogP contribution < -0.4 is 10.6 Å². The molecule has 2 N–H and O–H groups in total. The molecule has 0 spiro atoms. The molecule has 0 atom stereocenters. The number of carbonyl (C=O) groups excluding carboxylic acids is 2. The van der Waals surface area contributed by atoms with Gasteiger partial charge in [0.1, 0.15) is 0 Å². The summed E-state index contributed by atoms with van der Waals surface area (Å²) in [6.07, 6.45) is 0. The van der Waals surface area contributed by atoms with Gasteiger partial charge in [-0.05, 0) is 46.7 Å². The summed E-state index contributed by atoms with van der Waals surface area (Å²) in [5, 5.41) is 7.62. The predicted octanol–water partition coefficient (Wildman–Crippen LogP) is 3.84. The molecule has 0 bridgehead atoms. The maximum Gasteiger partial charge on any atom is 0.264 e. The lowest BCUT2D eigenvalue weighted by Gasteiger charge is -2.38. The summed E-state index contributed by atoms with van der Waals surface area (Å²) in [7, 11) is 0. The Morgan fingerprint density at radius 1 is 0.478 bits per heavy atom. The molecule has 232 valence electrons. The minimum Gasteiger partial charge on any atom is -0.341 e. The van der Waals surface area contributed by atoms with Gasteiger partial charge in [0.05, 0.1) is 13.3 Å². The molecule has 10 heteroatoms. The Kier molecular flexibility index (Phi) is 8.12. The fourth-order valence-electron chi connectivity index (χ4n) is 6.75. The largest absolute Gasteiger partial charge is 0.341 e. The molecular weight excluding hydrogens is 613 g/mol. The molecule has 4 aromatic rings. The van der Waals surface area contributed by atoms with Gasteiger partial charge in [0.2, 0.25) is 0 Å². The van der Waals surface area contributed by atoms with Gasteiger partial charge in [-0.3, -0.25) is 29.2 Å².